The van der Waals surface area contributed by atoms with E-state index in [2.05, 4.69) is 12.2 Å². The molecule has 2 heteroatoms. The lowest BCUT2D eigenvalue weighted by Gasteiger charge is -2.22. The van der Waals surface area contributed by atoms with E-state index in [0.717, 1.165) is 6.42 Å². The van der Waals surface area contributed by atoms with E-state index >= 15 is 0 Å². The minimum Gasteiger partial charge on any atom is -0.353 e. The van der Waals surface area contributed by atoms with Gasteiger partial charge in [-0.1, -0.05) is 46.0 Å². The molecule has 1 aliphatic carbocycles. The highest BCUT2D eigenvalue weighted by atomic mass is 16.1. The van der Waals surface area contributed by atoms with E-state index in [9.17, 15) is 4.79 Å². The van der Waals surface area contributed by atoms with E-state index in [4.69, 9.17) is 0 Å². The maximum atomic E-state index is 11.7. The predicted molar refractivity (Wildman–Crippen MR) is 63.7 cm³/mol. The minimum atomic E-state index is 0.176. The molecule has 1 unspecified atom stereocenters. The van der Waals surface area contributed by atoms with Gasteiger partial charge in [0.1, 0.15) is 0 Å². The van der Waals surface area contributed by atoms with Crippen LogP contribution in [0.3, 0.4) is 0 Å². The third-order valence-electron chi connectivity index (χ3n) is 3.51. The summed E-state index contributed by atoms with van der Waals surface area (Å²) < 4.78 is 0. The summed E-state index contributed by atoms with van der Waals surface area (Å²) >= 11 is 0. The largest absolute Gasteiger partial charge is 0.353 e. The maximum absolute atomic E-state index is 11.7. The number of hydrogen-bond acceptors (Lipinski definition) is 1. The van der Waals surface area contributed by atoms with Gasteiger partial charge >= 0.3 is 0 Å². The molecule has 1 N–H and O–H groups in total. The molecule has 1 aliphatic rings. The molecule has 1 atom stereocenters. The van der Waals surface area contributed by atoms with Crippen molar-refractivity contribution >= 4 is 5.91 Å². The van der Waals surface area contributed by atoms with Crippen LogP contribution in [0.2, 0.25) is 0 Å². The summed E-state index contributed by atoms with van der Waals surface area (Å²) in [5.74, 6) is 0.429. The molecule has 1 saturated carbocycles. The average Bonchev–Trinajstić information content (AvgIpc) is 2.20. The first-order valence-electron chi connectivity index (χ1n) is 6.54. The van der Waals surface area contributed by atoms with Crippen molar-refractivity contribution < 1.29 is 4.79 Å². The van der Waals surface area contributed by atoms with Gasteiger partial charge in [-0.3, -0.25) is 4.79 Å². The van der Waals surface area contributed by atoms with Gasteiger partial charge in [0.15, 0.2) is 0 Å². The Labute approximate surface area is 93.8 Å². The lowest BCUT2D eigenvalue weighted by Crippen LogP contribution is -2.38. The molecule has 0 saturated heterocycles. The van der Waals surface area contributed by atoms with Crippen molar-refractivity contribution in [2.45, 2.75) is 71.3 Å². The van der Waals surface area contributed by atoms with Crippen LogP contribution in [-0.2, 0) is 4.79 Å². The fourth-order valence-corrected chi connectivity index (χ4v) is 2.13. The number of nitrogens with one attached hydrogen (secondary N) is 1. The van der Waals surface area contributed by atoms with E-state index < -0.39 is 0 Å². The van der Waals surface area contributed by atoms with E-state index in [1.165, 1.54) is 44.9 Å². The molecule has 0 radical (unpaired) electrons. The van der Waals surface area contributed by atoms with Crippen molar-refractivity contribution in [1.82, 2.24) is 5.32 Å². The van der Waals surface area contributed by atoms with Crippen LogP contribution in [0.4, 0.5) is 0 Å². The first-order chi connectivity index (χ1) is 7.24. The number of rotatable bonds is 3. The molecule has 2 nitrogen and oxygen atoms in total. The molecule has 0 aromatic rings. The summed E-state index contributed by atoms with van der Waals surface area (Å²) in [7, 11) is 0. The highest BCUT2D eigenvalue weighted by Crippen LogP contribution is 2.17. The zero-order valence-corrected chi connectivity index (χ0v) is 10.2. The zero-order valence-electron chi connectivity index (χ0n) is 10.2. The Morgan fingerprint density at radius 3 is 2.27 bits per heavy atom. The highest BCUT2D eigenvalue weighted by molar-refractivity contribution is 5.78. The van der Waals surface area contributed by atoms with Crippen LogP contribution in [0, 0.1) is 5.92 Å². The second kappa shape index (κ2) is 6.86. The standard InChI is InChI=1S/C13H25NO/c1-3-11(2)13(15)14-12-9-7-5-4-6-8-10-12/h11-12H,3-10H2,1-2H3,(H,14,15). The summed E-state index contributed by atoms with van der Waals surface area (Å²) in [5.41, 5.74) is 0. The third-order valence-corrected chi connectivity index (χ3v) is 3.51. The summed E-state index contributed by atoms with van der Waals surface area (Å²) in [6.07, 6.45) is 9.94. The van der Waals surface area contributed by atoms with E-state index in [-0.39, 0.29) is 11.8 Å². The molecule has 88 valence electrons. The van der Waals surface area contributed by atoms with Crippen molar-refractivity contribution in [3.8, 4) is 0 Å². The minimum absolute atomic E-state index is 0.176. The van der Waals surface area contributed by atoms with Crippen LogP contribution >= 0.6 is 0 Å². The molecule has 0 aromatic carbocycles. The Balaban J connectivity index is 2.31. The highest BCUT2D eigenvalue weighted by Gasteiger charge is 2.16. The van der Waals surface area contributed by atoms with Crippen LogP contribution in [0.25, 0.3) is 0 Å². The van der Waals surface area contributed by atoms with Gasteiger partial charge in [0.25, 0.3) is 0 Å². The Morgan fingerprint density at radius 2 is 1.73 bits per heavy atom. The van der Waals surface area contributed by atoms with Crippen molar-refractivity contribution in [2.24, 2.45) is 5.92 Å². The first kappa shape index (κ1) is 12.5. The molecule has 0 aromatic heterocycles. The average molecular weight is 211 g/mol. The lowest BCUT2D eigenvalue weighted by atomic mass is 9.96. The molecule has 1 fully saturated rings. The molecule has 1 amide bonds. The maximum Gasteiger partial charge on any atom is 0.223 e. The fourth-order valence-electron chi connectivity index (χ4n) is 2.13. The second-order valence-corrected chi connectivity index (χ2v) is 4.86. The van der Waals surface area contributed by atoms with Gasteiger partial charge in [0.05, 0.1) is 0 Å². The Bertz CT molecular complexity index is 183. The van der Waals surface area contributed by atoms with E-state index in [1.807, 2.05) is 6.92 Å². The van der Waals surface area contributed by atoms with Gasteiger partial charge in [-0.15, -0.1) is 0 Å². The summed E-state index contributed by atoms with van der Waals surface area (Å²) in [6, 6.07) is 0.451. The van der Waals surface area contributed by atoms with Gasteiger partial charge in [0.2, 0.25) is 5.91 Å². The van der Waals surface area contributed by atoms with E-state index in [0.29, 0.717) is 6.04 Å². The lowest BCUT2D eigenvalue weighted by molar-refractivity contribution is -0.125. The van der Waals surface area contributed by atoms with Gasteiger partial charge in [-0.25, -0.2) is 0 Å². The smallest absolute Gasteiger partial charge is 0.223 e. The molecule has 0 aliphatic heterocycles. The van der Waals surface area contributed by atoms with Crippen molar-refractivity contribution in [3.63, 3.8) is 0 Å². The second-order valence-electron chi connectivity index (χ2n) is 4.86. The Hall–Kier alpha value is -0.530. The van der Waals surface area contributed by atoms with Crippen molar-refractivity contribution in [1.29, 1.82) is 0 Å². The van der Waals surface area contributed by atoms with Crippen LogP contribution in [0.1, 0.15) is 65.2 Å². The Morgan fingerprint density at radius 1 is 1.20 bits per heavy atom. The normalized spacial score (nSPS) is 21.5. The monoisotopic (exact) mass is 211 g/mol. The third kappa shape index (κ3) is 4.67. The van der Waals surface area contributed by atoms with E-state index in [1.54, 1.807) is 0 Å². The Kier molecular flexibility index (Phi) is 5.74. The first-order valence-corrected chi connectivity index (χ1v) is 6.54. The topological polar surface area (TPSA) is 29.1 Å². The van der Waals surface area contributed by atoms with Crippen LogP contribution < -0.4 is 5.32 Å². The molecule has 15 heavy (non-hydrogen) atoms. The predicted octanol–water partition coefficient (Wildman–Crippen LogP) is 3.26. The van der Waals surface area contributed by atoms with Gasteiger partial charge in [-0.05, 0) is 19.3 Å². The molecule has 0 spiro atoms. The summed E-state index contributed by atoms with van der Waals surface area (Å²) in [6.45, 7) is 4.08. The van der Waals surface area contributed by atoms with Gasteiger partial charge in [0, 0.05) is 12.0 Å². The number of carbonyl (C=O) groups excluding carboxylic acids is 1. The zero-order chi connectivity index (χ0) is 11.1. The van der Waals surface area contributed by atoms with Gasteiger partial charge in [-0.2, -0.15) is 0 Å². The molecular formula is C13H25NO. The SMILES string of the molecule is CCC(C)C(=O)NC1CCCCCCC1. The van der Waals surface area contributed by atoms with Crippen molar-refractivity contribution in [2.75, 3.05) is 0 Å². The summed E-state index contributed by atoms with van der Waals surface area (Å²) in [5, 5.41) is 3.20. The van der Waals surface area contributed by atoms with Crippen molar-refractivity contribution in [3.05, 3.63) is 0 Å². The quantitative estimate of drug-likeness (QED) is 0.762. The van der Waals surface area contributed by atoms with Crippen LogP contribution in [0.5, 0.6) is 0 Å². The van der Waals surface area contributed by atoms with Gasteiger partial charge < -0.3 is 5.32 Å². The van der Waals surface area contributed by atoms with Crippen LogP contribution in [0.15, 0.2) is 0 Å². The summed E-state index contributed by atoms with van der Waals surface area (Å²) in [4.78, 5) is 11.7. The molecule has 1 rings (SSSR count). The number of hydrogen-bond donors (Lipinski definition) is 1. The molecular weight excluding hydrogens is 186 g/mol. The fraction of sp³-hybridized carbons (Fsp3) is 0.923. The van der Waals surface area contributed by atoms with Crippen LogP contribution in [-0.4, -0.2) is 11.9 Å². The number of amides is 1. The molecule has 0 heterocycles. The molecule has 0 bridgehead atoms. The number of carbonyl (C=O) groups is 1.